The van der Waals surface area contributed by atoms with E-state index in [0.29, 0.717) is 18.0 Å². The van der Waals surface area contributed by atoms with Gasteiger partial charge in [0.15, 0.2) is 0 Å². The van der Waals surface area contributed by atoms with Crippen LogP contribution in [-0.4, -0.2) is 54.4 Å². The SMILES string of the molecule is CN1CCC(CN(C)C(=O)c2ccc([N+](=O)[O-])cc2Cl)C1. The molecule has 0 saturated carbocycles. The minimum Gasteiger partial charge on any atom is -0.341 e. The van der Waals surface area contributed by atoms with Crippen LogP contribution in [0.4, 0.5) is 5.69 Å². The summed E-state index contributed by atoms with van der Waals surface area (Å²) in [4.78, 5) is 26.4. The van der Waals surface area contributed by atoms with Crippen LogP contribution in [0.25, 0.3) is 0 Å². The predicted molar refractivity (Wildman–Crippen MR) is 80.7 cm³/mol. The number of nitro benzene ring substituents is 1. The fourth-order valence-electron chi connectivity index (χ4n) is 2.64. The van der Waals surface area contributed by atoms with Gasteiger partial charge in [-0.3, -0.25) is 14.9 Å². The van der Waals surface area contributed by atoms with Gasteiger partial charge in [-0.1, -0.05) is 11.6 Å². The van der Waals surface area contributed by atoms with Crippen LogP contribution in [0.5, 0.6) is 0 Å². The number of carbonyl (C=O) groups excluding carboxylic acids is 1. The van der Waals surface area contributed by atoms with E-state index < -0.39 is 4.92 Å². The summed E-state index contributed by atoms with van der Waals surface area (Å²) in [6.07, 6.45) is 1.07. The number of rotatable bonds is 4. The Morgan fingerprint density at radius 3 is 2.81 bits per heavy atom. The molecule has 1 heterocycles. The molecule has 1 unspecified atom stereocenters. The lowest BCUT2D eigenvalue weighted by molar-refractivity contribution is -0.384. The summed E-state index contributed by atoms with van der Waals surface area (Å²) >= 11 is 5.99. The second kappa shape index (κ2) is 6.41. The molecular weight excluding hydrogens is 294 g/mol. The summed E-state index contributed by atoms with van der Waals surface area (Å²) in [5.41, 5.74) is 0.188. The second-order valence-corrected chi connectivity index (χ2v) is 5.93. The second-order valence-electron chi connectivity index (χ2n) is 5.52. The average Bonchev–Trinajstić information content (AvgIpc) is 2.83. The summed E-state index contributed by atoms with van der Waals surface area (Å²) in [7, 11) is 3.80. The highest BCUT2D eigenvalue weighted by atomic mass is 35.5. The van der Waals surface area contributed by atoms with Gasteiger partial charge in [-0.2, -0.15) is 0 Å². The van der Waals surface area contributed by atoms with Crippen LogP contribution < -0.4 is 0 Å². The number of nitro groups is 1. The van der Waals surface area contributed by atoms with Crippen molar-refractivity contribution in [3.8, 4) is 0 Å². The van der Waals surface area contributed by atoms with E-state index in [4.69, 9.17) is 11.6 Å². The highest BCUT2D eigenvalue weighted by molar-refractivity contribution is 6.34. The van der Waals surface area contributed by atoms with Crippen molar-refractivity contribution in [3.63, 3.8) is 0 Å². The Bertz CT molecular complexity index is 564. The Balaban J connectivity index is 2.07. The molecule has 0 bridgehead atoms. The average molecular weight is 312 g/mol. The number of hydrogen-bond donors (Lipinski definition) is 0. The quantitative estimate of drug-likeness (QED) is 0.632. The van der Waals surface area contributed by atoms with Crippen molar-refractivity contribution in [1.29, 1.82) is 0 Å². The first-order valence-electron chi connectivity index (χ1n) is 6.76. The molecule has 0 spiro atoms. The van der Waals surface area contributed by atoms with Gasteiger partial charge in [-0.25, -0.2) is 0 Å². The van der Waals surface area contributed by atoms with Gasteiger partial charge in [-0.15, -0.1) is 0 Å². The Kier molecular flexibility index (Phi) is 4.80. The minimum absolute atomic E-state index is 0.114. The molecular formula is C14H18ClN3O3. The van der Waals surface area contributed by atoms with Gasteiger partial charge >= 0.3 is 0 Å². The largest absolute Gasteiger partial charge is 0.341 e. The molecule has 1 fully saturated rings. The van der Waals surface area contributed by atoms with E-state index in [9.17, 15) is 14.9 Å². The molecule has 2 rings (SSSR count). The fourth-order valence-corrected chi connectivity index (χ4v) is 2.90. The van der Waals surface area contributed by atoms with E-state index in [1.165, 1.54) is 18.2 Å². The number of halogens is 1. The van der Waals surface area contributed by atoms with Crippen LogP contribution in [0.2, 0.25) is 5.02 Å². The molecule has 1 aromatic carbocycles. The Hall–Kier alpha value is -1.66. The van der Waals surface area contributed by atoms with Crippen LogP contribution in [0.1, 0.15) is 16.8 Å². The smallest absolute Gasteiger partial charge is 0.270 e. The van der Waals surface area contributed by atoms with Gasteiger partial charge in [0.05, 0.1) is 15.5 Å². The van der Waals surface area contributed by atoms with Crippen LogP contribution in [0.3, 0.4) is 0 Å². The van der Waals surface area contributed by atoms with Gasteiger partial charge in [0, 0.05) is 32.3 Å². The van der Waals surface area contributed by atoms with E-state index in [0.717, 1.165) is 19.5 Å². The third kappa shape index (κ3) is 3.71. The van der Waals surface area contributed by atoms with Gasteiger partial charge in [0.25, 0.3) is 11.6 Å². The number of non-ortho nitro benzene ring substituents is 1. The number of likely N-dealkylation sites (tertiary alicyclic amines) is 1. The van der Waals surface area contributed by atoms with Crippen molar-refractivity contribution < 1.29 is 9.72 Å². The van der Waals surface area contributed by atoms with Crippen LogP contribution in [-0.2, 0) is 0 Å². The molecule has 6 nitrogen and oxygen atoms in total. The summed E-state index contributed by atoms with van der Waals surface area (Å²) in [5, 5.41) is 10.8. The van der Waals surface area contributed by atoms with E-state index in [-0.39, 0.29) is 16.6 Å². The summed E-state index contributed by atoms with van der Waals surface area (Å²) in [6, 6.07) is 3.93. The van der Waals surface area contributed by atoms with E-state index in [2.05, 4.69) is 11.9 Å². The number of benzene rings is 1. The minimum atomic E-state index is -0.530. The first-order valence-corrected chi connectivity index (χ1v) is 7.14. The first-order chi connectivity index (χ1) is 9.88. The van der Waals surface area contributed by atoms with Crippen molar-refractivity contribution in [2.45, 2.75) is 6.42 Å². The van der Waals surface area contributed by atoms with Crippen molar-refractivity contribution in [2.75, 3.05) is 33.7 Å². The van der Waals surface area contributed by atoms with Crippen molar-refractivity contribution in [2.24, 2.45) is 5.92 Å². The van der Waals surface area contributed by atoms with Gasteiger partial charge in [-0.05, 0) is 32.0 Å². The van der Waals surface area contributed by atoms with Gasteiger partial charge < -0.3 is 9.80 Å². The molecule has 0 N–H and O–H groups in total. The zero-order chi connectivity index (χ0) is 15.6. The predicted octanol–water partition coefficient (Wildman–Crippen LogP) is 2.27. The van der Waals surface area contributed by atoms with E-state index in [1.54, 1.807) is 11.9 Å². The summed E-state index contributed by atoms with van der Waals surface area (Å²) in [6.45, 7) is 2.69. The lowest BCUT2D eigenvalue weighted by Gasteiger charge is -2.21. The standard InChI is InChI=1S/C14H18ClN3O3/c1-16-6-5-10(8-16)9-17(2)14(19)12-4-3-11(18(20)21)7-13(12)15/h3-4,7,10H,5-6,8-9H2,1-2H3. The molecule has 1 amide bonds. The molecule has 1 saturated heterocycles. The molecule has 0 aliphatic carbocycles. The highest BCUT2D eigenvalue weighted by Gasteiger charge is 2.24. The zero-order valence-corrected chi connectivity index (χ0v) is 12.8. The van der Waals surface area contributed by atoms with Crippen molar-refractivity contribution in [1.82, 2.24) is 9.80 Å². The molecule has 21 heavy (non-hydrogen) atoms. The Labute approximate surface area is 128 Å². The van der Waals surface area contributed by atoms with Crippen LogP contribution in [0, 0.1) is 16.0 Å². The van der Waals surface area contributed by atoms with Gasteiger partial charge in [0.1, 0.15) is 0 Å². The number of amides is 1. The molecule has 1 aromatic rings. The van der Waals surface area contributed by atoms with Crippen LogP contribution in [0.15, 0.2) is 18.2 Å². The Morgan fingerprint density at radius 2 is 2.29 bits per heavy atom. The first kappa shape index (κ1) is 15.7. The highest BCUT2D eigenvalue weighted by Crippen LogP contribution is 2.24. The Morgan fingerprint density at radius 1 is 1.57 bits per heavy atom. The molecule has 7 heteroatoms. The van der Waals surface area contributed by atoms with Crippen LogP contribution >= 0.6 is 11.6 Å². The monoisotopic (exact) mass is 311 g/mol. The topological polar surface area (TPSA) is 66.7 Å². The lowest BCUT2D eigenvalue weighted by Crippen LogP contribution is -2.33. The summed E-state index contributed by atoms with van der Waals surface area (Å²) < 4.78 is 0. The fraction of sp³-hybridized carbons (Fsp3) is 0.500. The number of carbonyl (C=O) groups is 1. The number of hydrogen-bond acceptors (Lipinski definition) is 4. The van der Waals surface area contributed by atoms with E-state index in [1.807, 2.05) is 0 Å². The lowest BCUT2D eigenvalue weighted by atomic mass is 10.1. The maximum Gasteiger partial charge on any atom is 0.270 e. The maximum atomic E-state index is 12.4. The number of nitrogens with zero attached hydrogens (tertiary/aromatic N) is 3. The summed E-state index contributed by atoms with van der Waals surface area (Å²) in [5.74, 6) is 0.255. The van der Waals surface area contributed by atoms with E-state index >= 15 is 0 Å². The molecule has 1 aliphatic rings. The molecule has 1 aliphatic heterocycles. The zero-order valence-electron chi connectivity index (χ0n) is 12.1. The maximum absolute atomic E-state index is 12.4. The van der Waals surface area contributed by atoms with Gasteiger partial charge in [0.2, 0.25) is 0 Å². The third-order valence-corrected chi connectivity index (χ3v) is 4.07. The molecule has 1 atom stereocenters. The molecule has 0 radical (unpaired) electrons. The molecule has 0 aromatic heterocycles. The normalized spacial score (nSPS) is 18.7. The third-order valence-electron chi connectivity index (χ3n) is 3.76. The van der Waals surface area contributed by atoms with Crippen molar-refractivity contribution in [3.05, 3.63) is 38.9 Å². The van der Waals surface area contributed by atoms with Crippen molar-refractivity contribution >= 4 is 23.2 Å². The molecule has 114 valence electrons.